The van der Waals surface area contributed by atoms with Crippen molar-refractivity contribution in [2.24, 2.45) is 0 Å². The quantitative estimate of drug-likeness (QED) is 0.877. The smallest absolute Gasteiger partial charge is 0.258 e. The van der Waals surface area contributed by atoms with Gasteiger partial charge in [0.1, 0.15) is 0 Å². The first kappa shape index (κ1) is 14.5. The minimum absolute atomic E-state index is 0.217. The maximum atomic E-state index is 12.4. The lowest BCUT2D eigenvalue weighted by atomic mass is 10.1. The van der Waals surface area contributed by atoms with Crippen molar-refractivity contribution < 1.29 is 18.0 Å². The van der Waals surface area contributed by atoms with Crippen molar-refractivity contribution in [1.29, 1.82) is 0 Å². The Balaban J connectivity index is 1.93. The lowest BCUT2D eigenvalue weighted by Crippen LogP contribution is -2.19. The molecular formula is C16H13NO4S. The van der Waals surface area contributed by atoms with Gasteiger partial charge < -0.3 is 0 Å². The molecule has 1 N–H and O–H groups in total. The molecule has 0 saturated carbocycles. The summed E-state index contributed by atoms with van der Waals surface area (Å²) in [4.78, 5) is 23.3. The first-order valence-corrected chi connectivity index (χ1v) is 8.30. The Morgan fingerprint density at radius 2 is 1.55 bits per heavy atom. The van der Waals surface area contributed by atoms with Gasteiger partial charge in [-0.05, 0) is 36.8 Å². The first-order chi connectivity index (χ1) is 10.4. The van der Waals surface area contributed by atoms with Crippen LogP contribution in [-0.4, -0.2) is 20.2 Å². The van der Waals surface area contributed by atoms with Gasteiger partial charge in [0.15, 0.2) is 9.84 Å². The number of carbonyl (C=O) groups excluding carboxylic acids is 2. The van der Waals surface area contributed by atoms with Gasteiger partial charge in [-0.25, -0.2) is 8.42 Å². The highest BCUT2D eigenvalue weighted by Crippen LogP contribution is 2.21. The average molecular weight is 315 g/mol. The molecule has 2 amide bonds. The molecule has 0 saturated heterocycles. The van der Waals surface area contributed by atoms with E-state index in [9.17, 15) is 18.0 Å². The zero-order valence-corrected chi connectivity index (χ0v) is 12.6. The Morgan fingerprint density at radius 3 is 2.23 bits per heavy atom. The van der Waals surface area contributed by atoms with Crippen molar-refractivity contribution in [3.8, 4) is 0 Å². The van der Waals surface area contributed by atoms with E-state index < -0.39 is 21.7 Å². The van der Waals surface area contributed by atoms with E-state index in [-0.39, 0.29) is 21.8 Å². The third-order valence-corrected chi connectivity index (χ3v) is 5.24. The van der Waals surface area contributed by atoms with Crippen LogP contribution in [0, 0.1) is 6.92 Å². The third kappa shape index (κ3) is 2.53. The summed E-state index contributed by atoms with van der Waals surface area (Å²) in [6.45, 7) is 1.88. The number of imide groups is 1. The van der Waals surface area contributed by atoms with E-state index in [1.54, 1.807) is 30.3 Å². The van der Waals surface area contributed by atoms with Crippen molar-refractivity contribution in [2.75, 3.05) is 0 Å². The van der Waals surface area contributed by atoms with E-state index in [1.165, 1.54) is 12.1 Å². The monoisotopic (exact) mass is 315 g/mol. The maximum absolute atomic E-state index is 12.4. The fraction of sp³-hybridized carbons (Fsp3) is 0.125. The molecule has 0 atom stereocenters. The van der Waals surface area contributed by atoms with Crippen LogP contribution in [0.3, 0.4) is 0 Å². The van der Waals surface area contributed by atoms with Crippen LogP contribution >= 0.6 is 0 Å². The highest BCUT2D eigenvalue weighted by Gasteiger charge is 2.27. The normalized spacial score (nSPS) is 13.9. The van der Waals surface area contributed by atoms with Gasteiger partial charge in [-0.1, -0.05) is 23.8 Å². The summed E-state index contributed by atoms with van der Waals surface area (Å²) in [7, 11) is -3.50. The van der Waals surface area contributed by atoms with Gasteiger partial charge in [0, 0.05) is 0 Å². The molecule has 0 radical (unpaired) electrons. The Morgan fingerprint density at radius 1 is 0.909 bits per heavy atom. The van der Waals surface area contributed by atoms with E-state index >= 15 is 0 Å². The zero-order valence-electron chi connectivity index (χ0n) is 11.8. The minimum Gasteiger partial charge on any atom is -0.288 e. The Bertz CT molecular complexity index is 883. The molecule has 0 unspecified atom stereocenters. The van der Waals surface area contributed by atoms with Crippen LogP contribution < -0.4 is 5.32 Å². The second-order valence-electron chi connectivity index (χ2n) is 5.24. The highest BCUT2D eigenvalue weighted by atomic mass is 32.2. The van der Waals surface area contributed by atoms with E-state index in [4.69, 9.17) is 0 Å². The number of nitrogens with one attached hydrogen (secondary N) is 1. The Hall–Kier alpha value is -2.47. The van der Waals surface area contributed by atoms with Gasteiger partial charge in [-0.3, -0.25) is 14.9 Å². The van der Waals surface area contributed by atoms with Crippen LogP contribution in [0.15, 0.2) is 47.4 Å². The summed E-state index contributed by atoms with van der Waals surface area (Å²) in [6, 6.07) is 11.1. The van der Waals surface area contributed by atoms with Gasteiger partial charge in [-0.2, -0.15) is 0 Å². The molecule has 1 aliphatic rings. The molecule has 1 aliphatic heterocycles. The SMILES string of the molecule is Cc1ccc(S(=O)(=O)Cc2ccc3c(c2)C(=O)NC3=O)cc1. The number of hydrogen-bond acceptors (Lipinski definition) is 4. The van der Waals surface area contributed by atoms with Gasteiger partial charge in [-0.15, -0.1) is 0 Å². The molecule has 112 valence electrons. The Kier molecular flexibility index (Phi) is 3.33. The zero-order chi connectivity index (χ0) is 15.9. The van der Waals surface area contributed by atoms with Gasteiger partial charge in [0.25, 0.3) is 11.8 Å². The predicted molar refractivity (Wildman–Crippen MR) is 80.3 cm³/mol. The van der Waals surface area contributed by atoms with Crippen LogP contribution in [0.25, 0.3) is 0 Å². The standard InChI is InChI=1S/C16H13NO4S/c1-10-2-5-12(6-3-10)22(20,21)9-11-4-7-13-14(8-11)16(19)17-15(13)18/h2-8H,9H2,1H3,(H,17,18,19). The largest absolute Gasteiger partial charge is 0.288 e. The average Bonchev–Trinajstić information content (AvgIpc) is 2.74. The molecule has 5 nitrogen and oxygen atoms in total. The molecule has 2 aromatic rings. The van der Waals surface area contributed by atoms with Crippen molar-refractivity contribution in [1.82, 2.24) is 5.32 Å². The van der Waals surface area contributed by atoms with Crippen molar-refractivity contribution >= 4 is 21.7 Å². The first-order valence-electron chi connectivity index (χ1n) is 6.65. The molecule has 6 heteroatoms. The minimum atomic E-state index is -3.50. The van der Waals surface area contributed by atoms with Gasteiger partial charge in [0.2, 0.25) is 0 Å². The second-order valence-corrected chi connectivity index (χ2v) is 7.22. The van der Waals surface area contributed by atoms with Crippen LogP contribution in [-0.2, 0) is 15.6 Å². The summed E-state index contributed by atoms with van der Waals surface area (Å²) in [5, 5.41) is 2.18. The number of hydrogen-bond donors (Lipinski definition) is 1. The summed E-state index contributed by atoms with van der Waals surface area (Å²) in [5.41, 5.74) is 1.96. The lowest BCUT2D eigenvalue weighted by Gasteiger charge is -2.06. The molecule has 1 heterocycles. The van der Waals surface area contributed by atoms with Crippen LogP contribution in [0.5, 0.6) is 0 Å². The number of aryl methyl sites for hydroxylation is 1. The van der Waals surface area contributed by atoms with Crippen LogP contribution in [0.1, 0.15) is 31.8 Å². The topological polar surface area (TPSA) is 80.3 Å². The summed E-state index contributed by atoms with van der Waals surface area (Å²) >= 11 is 0. The molecule has 0 spiro atoms. The van der Waals surface area contributed by atoms with Crippen molar-refractivity contribution in [3.05, 3.63) is 64.7 Å². The van der Waals surface area contributed by atoms with E-state index in [0.717, 1.165) is 5.56 Å². The van der Waals surface area contributed by atoms with Crippen LogP contribution in [0.2, 0.25) is 0 Å². The van der Waals surface area contributed by atoms with Crippen molar-refractivity contribution in [2.45, 2.75) is 17.6 Å². The number of fused-ring (bicyclic) bond motifs is 1. The van der Waals surface area contributed by atoms with E-state index in [0.29, 0.717) is 5.56 Å². The number of amides is 2. The number of sulfone groups is 1. The fourth-order valence-electron chi connectivity index (χ4n) is 2.35. The van der Waals surface area contributed by atoms with E-state index in [2.05, 4.69) is 5.32 Å². The van der Waals surface area contributed by atoms with Gasteiger partial charge in [0.05, 0.1) is 21.8 Å². The third-order valence-electron chi connectivity index (χ3n) is 3.54. The summed E-state index contributed by atoms with van der Waals surface area (Å²) < 4.78 is 24.8. The second kappa shape index (κ2) is 5.06. The fourth-order valence-corrected chi connectivity index (χ4v) is 3.69. The van der Waals surface area contributed by atoms with E-state index in [1.807, 2.05) is 6.92 Å². The lowest BCUT2D eigenvalue weighted by molar-refractivity contribution is 0.0879. The van der Waals surface area contributed by atoms with Crippen LogP contribution in [0.4, 0.5) is 0 Å². The summed E-state index contributed by atoms with van der Waals surface area (Å²) in [5.74, 6) is -1.16. The van der Waals surface area contributed by atoms with Crippen molar-refractivity contribution in [3.63, 3.8) is 0 Å². The number of carbonyl (C=O) groups is 2. The molecule has 0 fully saturated rings. The summed E-state index contributed by atoms with van der Waals surface area (Å²) in [6.07, 6.45) is 0. The molecule has 0 aromatic heterocycles. The molecule has 0 aliphatic carbocycles. The van der Waals surface area contributed by atoms with Gasteiger partial charge >= 0.3 is 0 Å². The number of benzene rings is 2. The molecule has 2 aromatic carbocycles. The molecule has 3 rings (SSSR count). The Labute approximate surface area is 127 Å². The molecule has 0 bridgehead atoms. The highest BCUT2D eigenvalue weighted by molar-refractivity contribution is 7.90. The molecular weight excluding hydrogens is 302 g/mol. The maximum Gasteiger partial charge on any atom is 0.258 e. The number of rotatable bonds is 3. The predicted octanol–water partition coefficient (Wildman–Crippen LogP) is 1.85. The molecule has 22 heavy (non-hydrogen) atoms.